The summed E-state index contributed by atoms with van der Waals surface area (Å²) in [7, 11) is 0. The number of aliphatic hydroxyl groups excluding tert-OH is 1. The van der Waals surface area contributed by atoms with Gasteiger partial charge in [0.25, 0.3) is 11.8 Å². The highest BCUT2D eigenvalue weighted by Crippen LogP contribution is 2.20. The first-order valence-electron chi connectivity index (χ1n) is 8.56. The highest BCUT2D eigenvalue weighted by molar-refractivity contribution is 6.30. The molecule has 0 bridgehead atoms. The highest BCUT2D eigenvalue weighted by atomic mass is 35.5. The predicted molar refractivity (Wildman–Crippen MR) is 102 cm³/mol. The Morgan fingerprint density at radius 3 is 2.76 bits per heavy atom. The van der Waals surface area contributed by atoms with Gasteiger partial charge in [0.05, 0.1) is 16.7 Å². The molecule has 8 nitrogen and oxygen atoms in total. The lowest BCUT2D eigenvalue weighted by atomic mass is 10.2. The number of hydrogen-bond acceptors (Lipinski definition) is 6. The number of hydrogen-bond donors (Lipinski definition) is 3. The fourth-order valence-electron chi connectivity index (χ4n) is 2.14. The van der Waals surface area contributed by atoms with Gasteiger partial charge in [-0.3, -0.25) is 9.59 Å². The van der Waals surface area contributed by atoms with Crippen molar-refractivity contribution in [3.8, 4) is 11.8 Å². The maximum atomic E-state index is 13.3. The van der Waals surface area contributed by atoms with Crippen LogP contribution in [0.5, 0.6) is 5.75 Å². The van der Waals surface area contributed by atoms with E-state index in [2.05, 4.69) is 15.6 Å². The third-order valence-corrected chi connectivity index (χ3v) is 3.99. The molecule has 1 atom stereocenters. The molecule has 0 radical (unpaired) electrons. The lowest BCUT2D eigenvalue weighted by Gasteiger charge is -2.12. The number of nitriles is 1. The van der Waals surface area contributed by atoms with Gasteiger partial charge >= 0.3 is 0 Å². The molecule has 3 N–H and O–H groups in total. The lowest BCUT2D eigenvalue weighted by Crippen LogP contribution is -2.36. The molecule has 0 saturated heterocycles. The first-order valence-corrected chi connectivity index (χ1v) is 8.94. The lowest BCUT2D eigenvalue weighted by molar-refractivity contribution is -0.123. The number of rotatable bonds is 9. The van der Waals surface area contributed by atoms with Gasteiger partial charge in [0, 0.05) is 25.4 Å². The minimum absolute atomic E-state index is 0.0308. The number of halogens is 2. The van der Waals surface area contributed by atoms with Gasteiger partial charge in [0.15, 0.2) is 6.61 Å². The Morgan fingerprint density at radius 2 is 2.10 bits per heavy atom. The van der Waals surface area contributed by atoms with Crippen LogP contribution in [-0.4, -0.2) is 47.7 Å². The Hall–Kier alpha value is -3.22. The third kappa shape index (κ3) is 7.37. The molecule has 0 spiro atoms. The van der Waals surface area contributed by atoms with E-state index in [0.717, 1.165) is 6.07 Å². The van der Waals surface area contributed by atoms with Crippen molar-refractivity contribution in [2.45, 2.75) is 12.5 Å². The van der Waals surface area contributed by atoms with Crippen LogP contribution < -0.4 is 15.4 Å². The zero-order chi connectivity index (χ0) is 21.2. The maximum absolute atomic E-state index is 13.3. The average molecular weight is 421 g/mol. The minimum Gasteiger partial charge on any atom is -0.484 e. The van der Waals surface area contributed by atoms with Crippen molar-refractivity contribution in [3.63, 3.8) is 0 Å². The number of nitrogens with zero attached hydrogens (tertiary/aromatic N) is 2. The number of carbonyl (C=O) groups is 2. The van der Waals surface area contributed by atoms with Crippen molar-refractivity contribution in [3.05, 3.63) is 58.6 Å². The van der Waals surface area contributed by atoms with Crippen LogP contribution in [0.4, 0.5) is 4.39 Å². The van der Waals surface area contributed by atoms with Crippen molar-refractivity contribution in [1.29, 1.82) is 5.26 Å². The molecule has 1 heterocycles. The quantitative estimate of drug-likeness (QED) is 0.563. The standard InChI is InChI=1S/C19H18ClFN4O4/c20-15-3-2-14(7-16(15)21)29-11-18(27)23-6-5-13(26)10-25-19(28)17-4-1-12(8-22)9-24-17/h1-4,7,9,13,26H,5-6,10-11H2,(H,23,27)(H,25,28). The summed E-state index contributed by atoms with van der Waals surface area (Å²) in [6, 6.07) is 8.61. The molecule has 0 saturated carbocycles. The number of aliphatic hydroxyl groups is 1. The summed E-state index contributed by atoms with van der Waals surface area (Å²) >= 11 is 5.56. The summed E-state index contributed by atoms with van der Waals surface area (Å²) in [5.41, 5.74) is 0.461. The smallest absolute Gasteiger partial charge is 0.269 e. The third-order valence-electron chi connectivity index (χ3n) is 3.68. The Kier molecular flexibility index (Phi) is 8.33. The predicted octanol–water partition coefficient (Wildman–Crippen LogP) is 1.42. The second kappa shape index (κ2) is 10.9. The number of pyridine rings is 1. The number of amides is 2. The number of ether oxygens (including phenoxy) is 1. The Bertz CT molecular complexity index is 902. The number of nitrogens with one attached hydrogen (secondary N) is 2. The molecule has 0 aliphatic heterocycles. The van der Waals surface area contributed by atoms with E-state index in [0.29, 0.717) is 5.56 Å². The van der Waals surface area contributed by atoms with Crippen molar-refractivity contribution in [1.82, 2.24) is 15.6 Å². The van der Waals surface area contributed by atoms with Crippen LogP contribution in [0.25, 0.3) is 0 Å². The van der Waals surface area contributed by atoms with E-state index in [1.807, 2.05) is 6.07 Å². The van der Waals surface area contributed by atoms with Gasteiger partial charge in [0.1, 0.15) is 23.3 Å². The summed E-state index contributed by atoms with van der Waals surface area (Å²) in [4.78, 5) is 27.5. The summed E-state index contributed by atoms with van der Waals surface area (Å²) in [6.07, 6.45) is 0.591. The molecule has 2 amide bonds. The van der Waals surface area contributed by atoms with Crippen LogP contribution in [0.3, 0.4) is 0 Å². The van der Waals surface area contributed by atoms with Crippen LogP contribution in [0.15, 0.2) is 36.5 Å². The van der Waals surface area contributed by atoms with E-state index in [4.69, 9.17) is 21.6 Å². The summed E-state index contributed by atoms with van der Waals surface area (Å²) in [5.74, 6) is -1.41. The molecule has 1 aromatic heterocycles. The maximum Gasteiger partial charge on any atom is 0.269 e. The van der Waals surface area contributed by atoms with Crippen LogP contribution in [0.2, 0.25) is 5.02 Å². The molecule has 0 aliphatic rings. The van der Waals surface area contributed by atoms with Crippen molar-refractivity contribution >= 4 is 23.4 Å². The van der Waals surface area contributed by atoms with Crippen LogP contribution in [0.1, 0.15) is 22.5 Å². The summed E-state index contributed by atoms with van der Waals surface area (Å²) in [6.45, 7) is -0.196. The zero-order valence-corrected chi connectivity index (χ0v) is 15.9. The van der Waals surface area contributed by atoms with Crippen LogP contribution in [0, 0.1) is 17.1 Å². The molecule has 0 fully saturated rings. The topological polar surface area (TPSA) is 124 Å². The van der Waals surface area contributed by atoms with Gasteiger partial charge in [-0.2, -0.15) is 5.26 Å². The first kappa shape index (κ1) is 22.1. The van der Waals surface area contributed by atoms with E-state index in [1.54, 1.807) is 0 Å². The average Bonchev–Trinajstić information content (AvgIpc) is 2.73. The fraction of sp³-hybridized carbons (Fsp3) is 0.263. The number of benzene rings is 1. The van der Waals surface area contributed by atoms with Crippen molar-refractivity contribution < 1.29 is 23.8 Å². The second-order valence-electron chi connectivity index (χ2n) is 5.91. The molecule has 152 valence electrons. The van der Waals surface area contributed by atoms with Gasteiger partial charge in [-0.25, -0.2) is 9.37 Å². The molecule has 10 heteroatoms. The van der Waals surface area contributed by atoms with Crippen LogP contribution in [-0.2, 0) is 4.79 Å². The van der Waals surface area contributed by atoms with E-state index in [9.17, 15) is 19.1 Å². The van der Waals surface area contributed by atoms with Crippen LogP contribution >= 0.6 is 11.6 Å². The van der Waals surface area contributed by atoms with Crippen molar-refractivity contribution in [2.75, 3.05) is 19.7 Å². The zero-order valence-electron chi connectivity index (χ0n) is 15.2. The fourth-order valence-corrected chi connectivity index (χ4v) is 2.26. The normalized spacial score (nSPS) is 11.2. The minimum atomic E-state index is -0.885. The van der Waals surface area contributed by atoms with E-state index in [1.165, 1.54) is 30.5 Å². The second-order valence-corrected chi connectivity index (χ2v) is 6.32. The molecular formula is C19H18ClFN4O4. The van der Waals surface area contributed by atoms with Crippen molar-refractivity contribution in [2.24, 2.45) is 0 Å². The Balaban J connectivity index is 1.63. The number of carbonyl (C=O) groups excluding carboxylic acids is 2. The van der Waals surface area contributed by atoms with E-state index < -0.39 is 23.7 Å². The molecular weight excluding hydrogens is 403 g/mol. The molecule has 29 heavy (non-hydrogen) atoms. The highest BCUT2D eigenvalue weighted by Gasteiger charge is 2.11. The molecule has 2 rings (SSSR count). The first-order chi connectivity index (χ1) is 13.9. The molecule has 1 aromatic carbocycles. The largest absolute Gasteiger partial charge is 0.484 e. The molecule has 2 aromatic rings. The Morgan fingerprint density at radius 1 is 1.31 bits per heavy atom. The molecule has 0 aliphatic carbocycles. The van der Waals surface area contributed by atoms with Gasteiger partial charge in [0.2, 0.25) is 0 Å². The van der Waals surface area contributed by atoms with Gasteiger partial charge in [-0.15, -0.1) is 0 Å². The van der Waals surface area contributed by atoms with Gasteiger partial charge < -0.3 is 20.5 Å². The van der Waals surface area contributed by atoms with Gasteiger partial charge in [-0.05, 0) is 30.7 Å². The molecule has 1 unspecified atom stereocenters. The number of aromatic nitrogens is 1. The SMILES string of the molecule is N#Cc1ccc(C(=O)NCC(O)CCNC(=O)COc2ccc(Cl)c(F)c2)nc1. The summed E-state index contributed by atoms with van der Waals surface area (Å²) in [5, 5.41) is 23.6. The monoisotopic (exact) mass is 420 g/mol. The summed E-state index contributed by atoms with van der Waals surface area (Å²) < 4.78 is 18.4. The Labute approximate surface area is 171 Å². The van der Waals surface area contributed by atoms with E-state index >= 15 is 0 Å². The van der Waals surface area contributed by atoms with Gasteiger partial charge in [-0.1, -0.05) is 11.6 Å². The van der Waals surface area contributed by atoms with E-state index in [-0.39, 0.29) is 42.6 Å².